The highest BCUT2D eigenvalue weighted by Gasteiger charge is 2.48. The Labute approximate surface area is 159 Å². The first-order valence-electron chi connectivity index (χ1n) is 9.50. The Morgan fingerprint density at radius 2 is 1.77 bits per heavy atom. The average molecular weight is 382 g/mol. The largest absolute Gasteiger partial charge is 0.444 e. The maximum Gasteiger partial charge on any atom is 0.410 e. The molecule has 1 aliphatic carbocycles. The smallest absolute Gasteiger partial charge is 0.410 e. The molecule has 2 atom stereocenters. The Morgan fingerprint density at radius 1 is 1.19 bits per heavy atom. The van der Waals surface area contributed by atoms with Gasteiger partial charge in [0.15, 0.2) is 14.1 Å². The van der Waals surface area contributed by atoms with Crippen molar-refractivity contribution in [1.82, 2.24) is 4.90 Å². The molecule has 1 fully saturated rings. The molecule has 1 amide bonds. The molecule has 0 aromatic carbocycles. The molecule has 2 aliphatic rings. The van der Waals surface area contributed by atoms with Crippen molar-refractivity contribution < 1.29 is 18.8 Å². The second-order valence-corrected chi connectivity index (χ2v) is 14.9. The van der Waals surface area contributed by atoms with Crippen molar-refractivity contribution in [2.75, 3.05) is 13.2 Å². The summed E-state index contributed by atoms with van der Waals surface area (Å²) in [6.45, 7) is 19.5. The van der Waals surface area contributed by atoms with Crippen LogP contribution in [0.5, 0.6) is 0 Å². The van der Waals surface area contributed by atoms with E-state index < -0.39 is 13.9 Å². The number of rotatable bonds is 3. The minimum Gasteiger partial charge on any atom is -0.444 e. The Morgan fingerprint density at radius 3 is 2.27 bits per heavy atom. The number of ether oxygens (including phenoxy) is 1. The van der Waals surface area contributed by atoms with Crippen LogP contribution in [0.3, 0.4) is 0 Å². The summed E-state index contributed by atoms with van der Waals surface area (Å²) >= 11 is 0. The third kappa shape index (κ3) is 4.22. The third-order valence-electron chi connectivity index (χ3n) is 6.01. The van der Waals surface area contributed by atoms with Crippen molar-refractivity contribution in [3.63, 3.8) is 0 Å². The number of carbonyl (C=O) groups is 2. The standard InChI is InChI=1S/C20H35NO4Si/c1-13-15-11-21(18(23)25-19(2,3)4)16(14(15)10-17(13)22)12-24-26(8,9)20(5,6)7/h14,16H,10-12H2,1-9H3/t14-,16+/m0/s1. The fourth-order valence-electron chi connectivity index (χ4n) is 3.29. The van der Waals surface area contributed by atoms with Gasteiger partial charge in [-0.2, -0.15) is 0 Å². The molecule has 0 aromatic rings. The van der Waals surface area contributed by atoms with Crippen LogP contribution >= 0.6 is 0 Å². The van der Waals surface area contributed by atoms with E-state index in [0.717, 1.165) is 11.1 Å². The van der Waals surface area contributed by atoms with Crippen LogP contribution in [0.2, 0.25) is 18.1 Å². The second kappa shape index (κ2) is 6.79. The predicted molar refractivity (Wildman–Crippen MR) is 106 cm³/mol. The summed E-state index contributed by atoms with van der Waals surface area (Å²) in [5.74, 6) is 0.269. The lowest BCUT2D eigenvalue weighted by molar-refractivity contribution is -0.115. The zero-order valence-corrected chi connectivity index (χ0v) is 18.9. The first-order valence-corrected chi connectivity index (χ1v) is 12.4. The van der Waals surface area contributed by atoms with Gasteiger partial charge in [-0.1, -0.05) is 20.8 Å². The zero-order valence-electron chi connectivity index (χ0n) is 17.9. The monoisotopic (exact) mass is 381 g/mol. The molecule has 0 N–H and O–H groups in total. The van der Waals surface area contributed by atoms with E-state index in [4.69, 9.17) is 9.16 Å². The number of hydrogen-bond acceptors (Lipinski definition) is 4. The van der Waals surface area contributed by atoms with Crippen LogP contribution in [0, 0.1) is 5.92 Å². The molecule has 0 bridgehead atoms. The summed E-state index contributed by atoms with van der Waals surface area (Å²) in [6.07, 6.45) is 0.162. The molecule has 148 valence electrons. The van der Waals surface area contributed by atoms with Crippen molar-refractivity contribution in [3.05, 3.63) is 11.1 Å². The molecular formula is C20H35NO4Si. The van der Waals surface area contributed by atoms with Gasteiger partial charge in [-0.25, -0.2) is 4.79 Å². The molecule has 0 saturated carbocycles. The van der Waals surface area contributed by atoms with Gasteiger partial charge >= 0.3 is 6.09 Å². The number of fused-ring (bicyclic) bond motifs is 1. The van der Waals surface area contributed by atoms with E-state index in [0.29, 0.717) is 19.6 Å². The summed E-state index contributed by atoms with van der Waals surface area (Å²) in [4.78, 5) is 26.7. The Kier molecular flexibility index (Phi) is 5.52. The van der Waals surface area contributed by atoms with Gasteiger partial charge in [-0.3, -0.25) is 9.69 Å². The zero-order chi connectivity index (χ0) is 20.1. The van der Waals surface area contributed by atoms with Crippen LogP contribution in [-0.2, 0) is 14.0 Å². The quantitative estimate of drug-likeness (QED) is 0.674. The molecule has 6 heteroatoms. The predicted octanol–water partition coefficient (Wildman–Crippen LogP) is 4.53. The van der Waals surface area contributed by atoms with Crippen LogP contribution in [0.4, 0.5) is 4.79 Å². The lowest BCUT2D eigenvalue weighted by atomic mass is 9.97. The van der Waals surface area contributed by atoms with E-state index in [1.807, 2.05) is 27.7 Å². The summed E-state index contributed by atoms with van der Waals surface area (Å²) in [5, 5.41) is 0.0996. The minimum absolute atomic E-state index is 0.0692. The van der Waals surface area contributed by atoms with E-state index in [2.05, 4.69) is 33.9 Å². The number of carbonyl (C=O) groups excluding carboxylic acids is 2. The van der Waals surface area contributed by atoms with Crippen LogP contribution in [0.1, 0.15) is 54.9 Å². The van der Waals surface area contributed by atoms with Crippen molar-refractivity contribution in [2.24, 2.45) is 5.92 Å². The van der Waals surface area contributed by atoms with Crippen molar-refractivity contribution in [2.45, 2.75) is 84.7 Å². The highest BCUT2D eigenvalue weighted by molar-refractivity contribution is 6.74. The number of ketones is 1. The molecule has 1 saturated heterocycles. The fourth-order valence-corrected chi connectivity index (χ4v) is 4.31. The Hall–Kier alpha value is -1.14. The fraction of sp³-hybridized carbons (Fsp3) is 0.800. The first-order chi connectivity index (χ1) is 11.6. The average Bonchev–Trinajstić information content (AvgIpc) is 2.92. The molecule has 0 radical (unpaired) electrons. The Balaban J connectivity index is 2.24. The van der Waals surface area contributed by atoms with Gasteiger partial charge in [0.05, 0.1) is 12.6 Å². The first kappa shape index (κ1) is 21.2. The molecule has 2 rings (SSSR count). The number of hydrogen-bond donors (Lipinski definition) is 0. The van der Waals surface area contributed by atoms with E-state index in [1.165, 1.54) is 0 Å². The highest BCUT2D eigenvalue weighted by Crippen LogP contribution is 2.42. The summed E-state index contributed by atoms with van der Waals surface area (Å²) in [7, 11) is -1.94. The molecule has 5 nitrogen and oxygen atoms in total. The minimum atomic E-state index is -1.94. The second-order valence-electron chi connectivity index (χ2n) is 10.1. The molecule has 26 heavy (non-hydrogen) atoms. The Bertz CT molecular complexity index is 625. The lowest BCUT2D eigenvalue weighted by Gasteiger charge is -2.38. The normalized spacial score (nSPS) is 24.3. The van der Waals surface area contributed by atoms with Crippen molar-refractivity contribution >= 4 is 20.2 Å². The third-order valence-corrected chi connectivity index (χ3v) is 10.5. The van der Waals surface area contributed by atoms with Gasteiger partial charge in [-0.15, -0.1) is 0 Å². The summed E-state index contributed by atoms with van der Waals surface area (Å²) in [5.41, 5.74) is 1.36. The maximum atomic E-state index is 12.8. The molecule has 1 heterocycles. The topological polar surface area (TPSA) is 55.8 Å². The number of Topliss-reactive ketones (excluding diaryl/α,β-unsaturated/α-hetero) is 1. The number of amides is 1. The van der Waals surface area contributed by atoms with Crippen molar-refractivity contribution in [3.8, 4) is 0 Å². The van der Waals surface area contributed by atoms with Gasteiger partial charge in [0.2, 0.25) is 0 Å². The SMILES string of the molecule is CC1=C2CN(C(=O)OC(C)(C)C)[C@H](CO[Si](C)(C)C(C)(C)C)[C@H]2CC1=O. The molecule has 0 aromatic heterocycles. The molecule has 0 unspecified atom stereocenters. The number of allylic oxidation sites excluding steroid dienone is 1. The summed E-state index contributed by atoms with van der Waals surface area (Å²) < 4.78 is 12.0. The van der Waals surface area contributed by atoms with Gasteiger partial charge < -0.3 is 9.16 Å². The van der Waals surface area contributed by atoms with Gasteiger partial charge in [0.1, 0.15) is 5.60 Å². The maximum absolute atomic E-state index is 12.8. The van der Waals surface area contributed by atoms with Gasteiger partial charge in [0, 0.05) is 18.9 Å². The van der Waals surface area contributed by atoms with Gasteiger partial charge in [0.25, 0.3) is 0 Å². The molecule has 0 spiro atoms. The van der Waals surface area contributed by atoms with Gasteiger partial charge in [-0.05, 0) is 57.0 Å². The number of likely N-dealkylation sites (tertiary alicyclic amines) is 1. The van der Waals surface area contributed by atoms with Crippen LogP contribution in [0.15, 0.2) is 11.1 Å². The van der Waals surface area contributed by atoms with E-state index in [1.54, 1.807) is 4.90 Å². The van der Waals surface area contributed by atoms with E-state index in [9.17, 15) is 9.59 Å². The van der Waals surface area contributed by atoms with Crippen LogP contribution in [-0.4, -0.2) is 49.9 Å². The molecule has 1 aliphatic heterocycles. The lowest BCUT2D eigenvalue weighted by Crippen LogP contribution is -2.48. The van der Waals surface area contributed by atoms with E-state index >= 15 is 0 Å². The van der Waals surface area contributed by atoms with Crippen molar-refractivity contribution in [1.29, 1.82) is 0 Å². The van der Waals surface area contributed by atoms with Crippen LogP contribution in [0.25, 0.3) is 0 Å². The number of nitrogens with zero attached hydrogens (tertiary/aromatic N) is 1. The summed E-state index contributed by atoms with van der Waals surface area (Å²) in [6, 6.07) is -0.129. The van der Waals surface area contributed by atoms with Crippen LogP contribution < -0.4 is 0 Å². The van der Waals surface area contributed by atoms with E-state index in [-0.39, 0.29) is 28.9 Å². The highest BCUT2D eigenvalue weighted by atomic mass is 28.4. The molecular weight excluding hydrogens is 346 g/mol.